The number of hydrogen-bond acceptors (Lipinski definition) is 9. The summed E-state index contributed by atoms with van der Waals surface area (Å²) in [6, 6.07) is 9.69. The first kappa shape index (κ1) is 31.0. The minimum Gasteiger partial charge on any atom is -0.450 e. The predicted octanol–water partition coefficient (Wildman–Crippen LogP) is 5.88. The highest BCUT2D eigenvalue weighted by atomic mass is 32.1. The Morgan fingerprint density at radius 2 is 1.79 bits per heavy atom. The lowest BCUT2D eigenvalue weighted by molar-refractivity contribution is -0.158. The normalized spacial score (nSPS) is 11.6. The van der Waals surface area contributed by atoms with E-state index in [1.165, 1.54) is 11.3 Å². The minimum absolute atomic E-state index is 0.148. The first-order chi connectivity index (χ1) is 20.1. The Bertz CT molecular complexity index is 1500. The van der Waals surface area contributed by atoms with Crippen molar-refractivity contribution in [1.29, 1.82) is 0 Å². The van der Waals surface area contributed by atoms with Crippen molar-refractivity contribution in [3.8, 4) is 22.4 Å². The fourth-order valence-corrected chi connectivity index (χ4v) is 5.57. The summed E-state index contributed by atoms with van der Waals surface area (Å²) in [4.78, 5) is 47.4. The zero-order chi connectivity index (χ0) is 30.3. The van der Waals surface area contributed by atoms with E-state index < -0.39 is 5.60 Å². The molecule has 42 heavy (non-hydrogen) atoms. The lowest BCUT2D eigenvalue weighted by atomic mass is 10.0. The van der Waals surface area contributed by atoms with E-state index in [2.05, 4.69) is 33.3 Å². The highest BCUT2D eigenvalue weighted by Gasteiger charge is 2.29. The number of esters is 1. The molecule has 0 radical (unpaired) electrons. The smallest absolute Gasteiger partial charge is 0.323 e. The lowest BCUT2D eigenvalue weighted by Crippen LogP contribution is -2.40. The van der Waals surface area contributed by atoms with Gasteiger partial charge in [-0.05, 0) is 71.1 Å². The topological polar surface area (TPSA) is 113 Å². The van der Waals surface area contributed by atoms with Crippen LogP contribution in [-0.4, -0.2) is 70.6 Å². The number of anilines is 1. The first-order valence-electron chi connectivity index (χ1n) is 14.2. The Morgan fingerprint density at radius 3 is 2.43 bits per heavy atom. The van der Waals surface area contributed by atoms with Gasteiger partial charge < -0.3 is 10.1 Å². The van der Waals surface area contributed by atoms with Gasteiger partial charge in [-0.15, -0.1) is 0 Å². The Kier molecular flexibility index (Phi) is 10.2. The number of nitrogens with zero attached hydrogens (tertiary/aromatic N) is 6. The molecule has 0 fully saturated rings. The van der Waals surface area contributed by atoms with E-state index in [0.29, 0.717) is 24.0 Å². The monoisotopic (exact) mass is 589 g/mol. The third-order valence-corrected chi connectivity index (χ3v) is 7.67. The number of carbonyl (C=O) groups is 2. The number of likely N-dealkylation sites (N-methyl/N-ethyl adjacent to an activating group) is 1. The number of amides is 2. The summed E-state index contributed by atoms with van der Waals surface area (Å²) in [5.74, 6) is 0.0591. The van der Waals surface area contributed by atoms with Crippen molar-refractivity contribution < 1.29 is 14.3 Å². The first-order valence-corrected chi connectivity index (χ1v) is 15.1. The number of aromatic nitrogens is 4. The number of benzene rings is 1. The van der Waals surface area contributed by atoms with E-state index in [4.69, 9.17) is 9.72 Å². The summed E-state index contributed by atoms with van der Waals surface area (Å²) in [5.41, 5.74) is 3.15. The molecular weight excluding hydrogens is 550 g/mol. The number of hydrogen-bond donors (Lipinski definition) is 1. The van der Waals surface area contributed by atoms with Crippen molar-refractivity contribution in [2.45, 2.75) is 52.6 Å². The maximum atomic E-state index is 13.0. The van der Waals surface area contributed by atoms with Gasteiger partial charge >= 0.3 is 12.0 Å². The molecule has 0 aliphatic carbocycles. The third kappa shape index (κ3) is 7.46. The fourth-order valence-electron chi connectivity index (χ4n) is 4.47. The van der Waals surface area contributed by atoms with Gasteiger partial charge in [0.1, 0.15) is 0 Å². The molecular formula is C31H39N7O3S. The molecule has 0 saturated heterocycles. The maximum absolute atomic E-state index is 13.0. The van der Waals surface area contributed by atoms with Crippen LogP contribution in [0.3, 0.4) is 0 Å². The van der Waals surface area contributed by atoms with Gasteiger partial charge in [0.15, 0.2) is 16.6 Å². The maximum Gasteiger partial charge on any atom is 0.323 e. The molecule has 2 amide bonds. The van der Waals surface area contributed by atoms with Crippen LogP contribution in [0, 0.1) is 0 Å². The van der Waals surface area contributed by atoms with Crippen molar-refractivity contribution in [2.75, 3.05) is 38.6 Å². The summed E-state index contributed by atoms with van der Waals surface area (Å²) in [6.45, 7) is 8.91. The van der Waals surface area contributed by atoms with E-state index in [0.717, 1.165) is 51.9 Å². The van der Waals surface area contributed by atoms with Gasteiger partial charge in [-0.2, -0.15) is 0 Å². The summed E-state index contributed by atoms with van der Waals surface area (Å²) < 4.78 is 6.60. The zero-order valence-corrected chi connectivity index (χ0v) is 26.0. The van der Waals surface area contributed by atoms with Crippen LogP contribution in [0.25, 0.3) is 32.6 Å². The van der Waals surface area contributed by atoms with E-state index in [9.17, 15) is 9.59 Å². The molecule has 11 heteroatoms. The molecule has 3 aromatic heterocycles. The summed E-state index contributed by atoms with van der Waals surface area (Å²) in [6.07, 6.45) is 8.21. The molecule has 1 aromatic carbocycles. The average Bonchev–Trinajstić information content (AvgIpc) is 3.38. The van der Waals surface area contributed by atoms with Crippen molar-refractivity contribution in [3.05, 3.63) is 54.7 Å². The minimum atomic E-state index is -0.987. The largest absolute Gasteiger partial charge is 0.450 e. The van der Waals surface area contributed by atoms with E-state index in [1.54, 1.807) is 42.2 Å². The van der Waals surface area contributed by atoms with Crippen molar-refractivity contribution >= 4 is 38.7 Å². The molecule has 0 spiro atoms. The number of carbonyl (C=O) groups excluding carboxylic acids is 2. The Labute approximate surface area is 251 Å². The molecule has 3 heterocycles. The van der Waals surface area contributed by atoms with Crippen LogP contribution in [0.15, 0.2) is 48.9 Å². The molecule has 0 aliphatic heterocycles. The molecule has 0 unspecified atom stereocenters. The molecule has 1 N–H and O–H groups in total. The van der Waals surface area contributed by atoms with Gasteiger partial charge in [-0.1, -0.05) is 37.2 Å². The number of urea groups is 1. The van der Waals surface area contributed by atoms with E-state index in [-0.39, 0.29) is 18.5 Å². The van der Waals surface area contributed by atoms with Crippen LogP contribution in [0.5, 0.6) is 0 Å². The second-order valence-corrected chi connectivity index (χ2v) is 11.8. The Morgan fingerprint density at radius 1 is 1.02 bits per heavy atom. The van der Waals surface area contributed by atoms with Crippen LogP contribution in [0.4, 0.5) is 9.93 Å². The number of nitrogens with one attached hydrogen (secondary N) is 1. The van der Waals surface area contributed by atoms with Gasteiger partial charge in [-0.25, -0.2) is 19.7 Å². The second-order valence-electron chi connectivity index (χ2n) is 10.8. The fraction of sp³-hybridized carbons (Fsp3) is 0.419. The van der Waals surface area contributed by atoms with Crippen LogP contribution >= 0.6 is 11.3 Å². The van der Waals surface area contributed by atoms with Crippen LogP contribution in [-0.2, 0) is 15.1 Å². The average molecular weight is 590 g/mol. The van der Waals surface area contributed by atoms with Gasteiger partial charge in [-0.3, -0.25) is 19.6 Å². The molecule has 0 atom stereocenters. The van der Waals surface area contributed by atoms with Crippen LogP contribution in [0.2, 0.25) is 0 Å². The highest BCUT2D eigenvalue weighted by molar-refractivity contribution is 7.23. The standard InChI is InChI=1S/C31H39N7O3S/c1-7-9-12-15-38(29(40)32-8-2)30-36-25-17-21(16-23(27(25)42-30)24-13-10-11-14-33-24)22-18-34-28(35-19-22)31(3,4)41-26(39)20-37(5)6/h10-11,13-14,16-19H,7-9,12,15,20H2,1-6H3,(H,32,40). The number of thiazole rings is 1. The van der Waals surface area contributed by atoms with Crippen molar-refractivity contribution in [3.63, 3.8) is 0 Å². The Hall–Kier alpha value is -3.96. The molecule has 222 valence electrons. The number of rotatable bonds is 12. The molecule has 4 rings (SSSR count). The molecule has 10 nitrogen and oxygen atoms in total. The van der Waals surface area contributed by atoms with Gasteiger partial charge in [0.25, 0.3) is 0 Å². The molecule has 4 aromatic rings. The zero-order valence-electron chi connectivity index (χ0n) is 25.2. The van der Waals surface area contributed by atoms with Crippen molar-refractivity contribution in [2.24, 2.45) is 0 Å². The Balaban J connectivity index is 1.74. The van der Waals surface area contributed by atoms with E-state index in [1.807, 2.05) is 45.3 Å². The number of pyridine rings is 1. The SMILES string of the molecule is CCCCCN(C(=O)NCC)c1nc2cc(-c3cnc(C(C)(C)OC(=O)CN(C)C)nc3)cc(-c3ccccn3)c2s1. The number of unbranched alkanes of at least 4 members (excludes halogenated alkanes) is 2. The van der Waals surface area contributed by atoms with Gasteiger partial charge in [0.2, 0.25) is 0 Å². The number of fused-ring (bicyclic) bond motifs is 1. The highest BCUT2D eigenvalue weighted by Crippen LogP contribution is 2.39. The van der Waals surface area contributed by atoms with E-state index >= 15 is 0 Å². The predicted molar refractivity (Wildman–Crippen MR) is 167 cm³/mol. The quantitative estimate of drug-likeness (QED) is 0.161. The second kappa shape index (κ2) is 13.8. The summed E-state index contributed by atoms with van der Waals surface area (Å²) >= 11 is 1.49. The van der Waals surface area contributed by atoms with Crippen LogP contribution < -0.4 is 10.2 Å². The molecule has 0 aliphatic rings. The van der Waals surface area contributed by atoms with Crippen LogP contribution in [0.1, 0.15) is 52.8 Å². The summed E-state index contributed by atoms with van der Waals surface area (Å²) in [5, 5.41) is 3.58. The van der Waals surface area contributed by atoms with Crippen molar-refractivity contribution in [1.82, 2.24) is 30.2 Å². The molecule has 0 bridgehead atoms. The summed E-state index contributed by atoms with van der Waals surface area (Å²) in [7, 11) is 3.62. The van der Waals surface area contributed by atoms with Gasteiger partial charge in [0.05, 0.1) is 22.5 Å². The molecule has 0 saturated carbocycles. The number of ether oxygens (including phenoxy) is 1. The lowest BCUT2D eigenvalue weighted by Gasteiger charge is -2.24. The van der Waals surface area contributed by atoms with Gasteiger partial charge in [0, 0.05) is 42.8 Å². The third-order valence-electron chi connectivity index (χ3n) is 6.55.